The van der Waals surface area contributed by atoms with Crippen molar-refractivity contribution in [2.24, 2.45) is 5.73 Å². The number of hydrogen-bond acceptors (Lipinski definition) is 4. The van der Waals surface area contributed by atoms with Crippen LogP contribution in [0.2, 0.25) is 0 Å². The number of carbonyl (C=O) groups excluding carboxylic acids is 1. The van der Waals surface area contributed by atoms with E-state index in [0.717, 1.165) is 0 Å². The second-order valence-corrected chi connectivity index (χ2v) is 4.51. The standard InChI is InChI=1S/C15H17N5O/c1-12(11-20-10-4-9-18-20)19-15(21)14-13(5-2-7-16)6-3-8-17-14/h3-4,6,8-10,12H,7,11,16H2,1H3,(H,19,21). The van der Waals surface area contributed by atoms with Crippen molar-refractivity contribution in [3.63, 3.8) is 0 Å². The lowest BCUT2D eigenvalue weighted by atomic mass is 10.1. The van der Waals surface area contributed by atoms with Crippen LogP contribution in [0.4, 0.5) is 0 Å². The highest BCUT2D eigenvalue weighted by atomic mass is 16.1. The molecule has 6 heteroatoms. The summed E-state index contributed by atoms with van der Waals surface area (Å²) in [5, 5.41) is 7.00. The SMILES string of the molecule is CC(Cn1cccn1)NC(=O)c1ncccc1C#CCN. The Labute approximate surface area is 123 Å². The van der Waals surface area contributed by atoms with Gasteiger partial charge < -0.3 is 11.1 Å². The normalized spacial score (nSPS) is 11.3. The van der Waals surface area contributed by atoms with E-state index in [-0.39, 0.29) is 18.5 Å². The molecule has 2 rings (SSSR count). The van der Waals surface area contributed by atoms with E-state index in [2.05, 4.69) is 27.2 Å². The summed E-state index contributed by atoms with van der Waals surface area (Å²) in [6.07, 6.45) is 5.12. The minimum absolute atomic E-state index is 0.0743. The molecular formula is C15H17N5O. The van der Waals surface area contributed by atoms with Crippen molar-refractivity contribution in [2.45, 2.75) is 19.5 Å². The van der Waals surface area contributed by atoms with E-state index in [4.69, 9.17) is 5.73 Å². The quantitative estimate of drug-likeness (QED) is 0.796. The lowest BCUT2D eigenvalue weighted by molar-refractivity contribution is 0.0930. The maximum absolute atomic E-state index is 12.3. The zero-order valence-corrected chi connectivity index (χ0v) is 11.8. The van der Waals surface area contributed by atoms with Crippen LogP contribution in [0.1, 0.15) is 23.0 Å². The smallest absolute Gasteiger partial charge is 0.271 e. The molecule has 0 aromatic carbocycles. The number of amides is 1. The van der Waals surface area contributed by atoms with Gasteiger partial charge in [0.05, 0.1) is 18.7 Å². The molecule has 1 amide bonds. The Bertz CT molecular complexity index is 654. The molecule has 1 unspecified atom stereocenters. The van der Waals surface area contributed by atoms with Gasteiger partial charge in [-0.1, -0.05) is 11.8 Å². The number of carbonyl (C=O) groups is 1. The zero-order chi connectivity index (χ0) is 15.1. The first-order valence-electron chi connectivity index (χ1n) is 6.63. The molecule has 2 heterocycles. The fourth-order valence-electron chi connectivity index (χ4n) is 1.86. The van der Waals surface area contributed by atoms with Gasteiger partial charge in [0.15, 0.2) is 0 Å². The predicted molar refractivity (Wildman–Crippen MR) is 79.3 cm³/mol. The van der Waals surface area contributed by atoms with Gasteiger partial charge in [-0.05, 0) is 25.1 Å². The summed E-state index contributed by atoms with van der Waals surface area (Å²) in [5.41, 5.74) is 6.24. The molecule has 3 N–H and O–H groups in total. The molecule has 0 saturated carbocycles. The topological polar surface area (TPSA) is 85.8 Å². The number of nitrogens with zero attached hydrogens (tertiary/aromatic N) is 3. The van der Waals surface area contributed by atoms with E-state index in [0.29, 0.717) is 17.8 Å². The van der Waals surface area contributed by atoms with Gasteiger partial charge in [-0.25, -0.2) is 4.98 Å². The third-order valence-corrected chi connectivity index (χ3v) is 2.75. The summed E-state index contributed by atoms with van der Waals surface area (Å²) in [4.78, 5) is 16.4. The molecule has 0 bridgehead atoms. The molecular weight excluding hydrogens is 266 g/mol. The molecule has 0 fully saturated rings. The molecule has 0 saturated heterocycles. The molecule has 0 aliphatic carbocycles. The van der Waals surface area contributed by atoms with Gasteiger partial charge in [0.1, 0.15) is 5.69 Å². The minimum Gasteiger partial charge on any atom is -0.346 e. The molecule has 0 aliphatic heterocycles. The number of nitrogens with two attached hydrogens (primary N) is 1. The van der Waals surface area contributed by atoms with Crippen molar-refractivity contribution in [3.05, 3.63) is 48.0 Å². The summed E-state index contributed by atoms with van der Waals surface area (Å²) < 4.78 is 1.76. The van der Waals surface area contributed by atoms with Crippen LogP contribution in [-0.4, -0.2) is 33.3 Å². The Morgan fingerprint density at radius 2 is 2.33 bits per heavy atom. The molecule has 6 nitrogen and oxygen atoms in total. The summed E-state index contributed by atoms with van der Waals surface area (Å²) >= 11 is 0. The maximum Gasteiger partial charge on any atom is 0.271 e. The molecule has 0 aliphatic rings. The molecule has 2 aromatic rings. The molecule has 1 atom stereocenters. The first-order chi connectivity index (χ1) is 10.2. The second kappa shape index (κ2) is 7.22. The van der Waals surface area contributed by atoms with Crippen molar-refractivity contribution in [3.8, 4) is 11.8 Å². The fraction of sp³-hybridized carbons (Fsp3) is 0.267. The van der Waals surface area contributed by atoms with Crippen LogP contribution in [0.3, 0.4) is 0 Å². The van der Waals surface area contributed by atoms with Crippen molar-refractivity contribution >= 4 is 5.91 Å². The van der Waals surface area contributed by atoms with Gasteiger partial charge in [-0.3, -0.25) is 9.48 Å². The molecule has 2 aromatic heterocycles. The highest BCUT2D eigenvalue weighted by molar-refractivity contribution is 5.94. The highest BCUT2D eigenvalue weighted by Crippen LogP contribution is 2.04. The van der Waals surface area contributed by atoms with Crippen molar-refractivity contribution in [1.82, 2.24) is 20.1 Å². The Morgan fingerprint density at radius 1 is 1.48 bits per heavy atom. The average molecular weight is 283 g/mol. The first kappa shape index (κ1) is 14.8. The van der Waals surface area contributed by atoms with Crippen LogP contribution in [-0.2, 0) is 6.54 Å². The molecule has 108 valence electrons. The number of rotatable bonds is 4. The number of hydrogen-bond donors (Lipinski definition) is 2. The van der Waals surface area contributed by atoms with Crippen LogP contribution in [0, 0.1) is 11.8 Å². The predicted octanol–water partition coefficient (Wildman–Crippen LogP) is 0.407. The van der Waals surface area contributed by atoms with Crippen LogP contribution in [0.25, 0.3) is 0 Å². The lowest BCUT2D eigenvalue weighted by Gasteiger charge is -2.14. The van der Waals surface area contributed by atoms with E-state index in [1.165, 1.54) is 0 Å². The van der Waals surface area contributed by atoms with Crippen LogP contribution >= 0.6 is 0 Å². The van der Waals surface area contributed by atoms with Gasteiger partial charge in [0.2, 0.25) is 0 Å². The van der Waals surface area contributed by atoms with E-state index >= 15 is 0 Å². The number of aromatic nitrogens is 3. The fourth-order valence-corrected chi connectivity index (χ4v) is 1.86. The van der Waals surface area contributed by atoms with Gasteiger partial charge in [0, 0.05) is 24.6 Å². The summed E-state index contributed by atoms with van der Waals surface area (Å²) in [6, 6.07) is 5.26. The van der Waals surface area contributed by atoms with Crippen molar-refractivity contribution < 1.29 is 4.79 Å². The molecule has 0 spiro atoms. The Hall–Kier alpha value is -2.65. The maximum atomic E-state index is 12.3. The third kappa shape index (κ3) is 4.16. The minimum atomic E-state index is -0.253. The Balaban J connectivity index is 2.06. The largest absolute Gasteiger partial charge is 0.346 e. The van der Waals surface area contributed by atoms with Crippen LogP contribution in [0.15, 0.2) is 36.8 Å². The van der Waals surface area contributed by atoms with Gasteiger partial charge >= 0.3 is 0 Å². The van der Waals surface area contributed by atoms with Gasteiger partial charge in [0.25, 0.3) is 5.91 Å². The highest BCUT2D eigenvalue weighted by Gasteiger charge is 2.14. The van der Waals surface area contributed by atoms with E-state index in [1.54, 1.807) is 29.2 Å². The van der Waals surface area contributed by atoms with Crippen LogP contribution < -0.4 is 11.1 Å². The first-order valence-corrected chi connectivity index (χ1v) is 6.63. The van der Waals surface area contributed by atoms with E-state index in [9.17, 15) is 4.79 Å². The Kier molecular flexibility index (Phi) is 5.07. The summed E-state index contributed by atoms with van der Waals surface area (Å²) in [7, 11) is 0. The lowest BCUT2D eigenvalue weighted by Crippen LogP contribution is -2.36. The summed E-state index contributed by atoms with van der Waals surface area (Å²) in [6.45, 7) is 2.74. The summed E-state index contributed by atoms with van der Waals surface area (Å²) in [5.74, 6) is 5.34. The monoisotopic (exact) mass is 283 g/mol. The van der Waals surface area contributed by atoms with E-state index in [1.807, 2.05) is 19.2 Å². The van der Waals surface area contributed by atoms with Gasteiger partial charge in [-0.15, -0.1) is 0 Å². The van der Waals surface area contributed by atoms with Crippen LogP contribution in [0.5, 0.6) is 0 Å². The van der Waals surface area contributed by atoms with E-state index < -0.39 is 0 Å². The van der Waals surface area contributed by atoms with Gasteiger partial charge in [-0.2, -0.15) is 5.10 Å². The Morgan fingerprint density at radius 3 is 3.05 bits per heavy atom. The average Bonchev–Trinajstić information content (AvgIpc) is 2.98. The molecule has 0 radical (unpaired) electrons. The number of pyridine rings is 1. The van der Waals surface area contributed by atoms with Crippen molar-refractivity contribution in [1.29, 1.82) is 0 Å². The second-order valence-electron chi connectivity index (χ2n) is 4.51. The number of nitrogens with one attached hydrogen (secondary N) is 1. The third-order valence-electron chi connectivity index (χ3n) is 2.75. The van der Waals surface area contributed by atoms with Crippen molar-refractivity contribution in [2.75, 3.05) is 6.54 Å². The zero-order valence-electron chi connectivity index (χ0n) is 11.8. The molecule has 21 heavy (non-hydrogen) atoms.